The minimum Gasteiger partial charge on any atom is -0.267 e. The highest BCUT2D eigenvalue weighted by molar-refractivity contribution is 7.98. The first-order valence-corrected chi connectivity index (χ1v) is 12.4. The zero-order valence-electron chi connectivity index (χ0n) is 16.5. The van der Waals surface area contributed by atoms with Crippen LogP contribution in [0.2, 0.25) is 5.02 Å². The van der Waals surface area contributed by atoms with Gasteiger partial charge in [0.1, 0.15) is 0 Å². The molecule has 0 radical (unpaired) electrons. The Morgan fingerprint density at radius 1 is 0.871 bits per heavy atom. The van der Waals surface area contributed by atoms with Crippen molar-refractivity contribution in [3.63, 3.8) is 0 Å². The van der Waals surface area contributed by atoms with Gasteiger partial charge in [0.25, 0.3) is 11.8 Å². The molecule has 0 heterocycles. The Morgan fingerprint density at radius 3 is 2.10 bits per heavy atom. The minimum absolute atomic E-state index is 0.0264. The second-order valence-electron chi connectivity index (χ2n) is 6.65. The first-order valence-electron chi connectivity index (χ1n) is 9.10. The van der Waals surface area contributed by atoms with E-state index < -0.39 is 21.7 Å². The van der Waals surface area contributed by atoms with E-state index in [4.69, 9.17) is 11.6 Å². The van der Waals surface area contributed by atoms with Gasteiger partial charge in [0.05, 0.1) is 4.90 Å². The lowest BCUT2D eigenvalue weighted by Crippen LogP contribution is -2.41. The maximum atomic E-state index is 12.3. The van der Waals surface area contributed by atoms with E-state index >= 15 is 0 Å². The zero-order chi connectivity index (χ0) is 22.4. The maximum Gasteiger partial charge on any atom is 0.269 e. The minimum atomic E-state index is -3.44. The first kappa shape index (κ1) is 22.9. The molecule has 0 saturated heterocycles. The fourth-order valence-corrected chi connectivity index (χ4v) is 4.22. The van der Waals surface area contributed by atoms with Crippen LogP contribution >= 0.6 is 23.4 Å². The Labute approximate surface area is 189 Å². The Balaban J connectivity index is 1.54. The summed E-state index contributed by atoms with van der Waals surface area (Å²) < 4.78 is 23.2. The molecule has 3 aromatic carbocycles. The van der Waals surface area contributed by atoms with Gasteiger partial charge in [-0.3, -0.25) is 20.4 Å². The molecule has 0 aromatic heterocycles. The van der Waals surface area contributed by atoms with E-state index in [1.54, 1.807) is 23.9 Å². The van der Waals surface area contributed by atoms with Crippen molar-refractivity contribution in [1.29, 1.82) is 0 Å². The molecule has 0 bridgehead atoms. The fourth-order valence-electron chi connectivity index (χ4n) is 2.58. The number of amides is 2. The molecule has 31 heavy (non-hydrogen) atoms. The molecule has 0 saturated carbocycles. The number of hydrogen-bond acceptors (Lipinski definition) is 5. The van der Waals surface area contributed by atoms with Crippen molar-refractivity contribution in [2.45, 2.75) is 15.5 Å². The summed E-state index contributed by atoms with van der Waals surface area (Å²) in [5.74, 6) is -0.365. The van der Waals surface area contributed by atoms with Crippen molar-refractivity contribution < 1.29 is 18.0 Å². The average molecular weight is 475 g/mol. The van der Waals surface area contributed by atoms with E-state index in [9.17, 15) is 18.0 Å². The van der Waals surface area contributed by atoms with Crippen LogP contribution in [0.3, 0.4) is 0 Å². The molecule has 0 atom stereocenters. The monoisotopic (exact) mass is 474 g/mol. The van der Waals surface area contributed by atoms with Crippen molar-refractivity contribution in [3.05, 3.63) is 94.5 Å². The van der Waals surface area contributed by atoms with Crippen molar-refractivity contribution >= 4 is 45.0 Å². The molecular weight excluding hydrogens is 456 g/mol. The molecule has 9 heteroatoms. The Kier molecular flexibility index (Phi) is 7.37. The van der Waals surface area contributed by atoms with Gasteiger partial charge in [-0.2, -0.15) is 0 Å². The smallest absolute Gasteiger partial charge is 0.267 e. The van der Waals surface area contributed by atoms with Crippen molar-refractivity contribution in [2.75, 3.05) is 6.26 Å². The summed E-state index contributed by atoms with van der Waals surface area (Å²) in [4.78, 5) is 25.6. The number of sulfone groups is 1. The van der Waals surface area contributed by atoms with Crippen LogP contribution < -0.4 is 10.9 Å². The highest BCUT2D eigenvalue weighted by Gasteiger charge is 2.13. The van der Waals surface area contributed by atoms with E-state index in [2.05, 4.69) is 10.9 Å². The Morgan fingerprint density at radius 2 is 1.48 bits per heavy atom. The predicted molar refractivity (Wildman–Crippen MR) is 122 cm³/mol. The van der Waals surface area contributed by atoms with Crippen LogP contribution in [0.15, 0.2) is 82.6 Å². The van der Waals surface area contributed by atoms with Gasteiger partial charge in [-0.15, -0.1) is 11.8 Å². The molecule has 0 aliphatic carbocycles. The summed E-state index contributed by atoms with van der Waals surface area (Å²) in [7, 11) is -3.44. The summed E-state index contributed by atoms with van der Waals surface area (Å²) >= 11 is 7.54. The summed E-state index contributed by atoms with van der Waals surface area (Å²) in [6, 6.07) is 20.2. The largest absolute Gasteiger partial charge is 0.269 e. The topological polar surface area (TPSA) is 92.3 Å². The molecule has 3 aromatic rings. The van der Waals surface area contributed by atoms with E-state index in [0.717, 1.165) is 22.5 Å². The first-order chi connectivity index (χ1) is 14.7. The number of thioether (sulfide) groups is 1. The fraction of sp³-hybridized carbons (Fsp3) is 0.0909. The lowest BCUT2D eigenvalue weighted by Gasteiger charge is -2.09. The zero-order valence-corrected chi connectivity index (χ0v) is 18.9. The number of halogens is 1. The molecular formula is C22H19ClN2O4S2. The standard InChI is InChI=1S/C22H19ClN2O4S2/c1-31(28,29)20-4-2-3-17(13-20)22(27)25-24-21(26)16-7-5-15(6-8-16)14-30-19-11-9-18(23)10-12-19/h2-13H,14H2,1H3,(H,24,26)(H,25,27). The molecule has 2 N–H and O–H groups in total. The third-order valence-corrected chi connectivity index (χ3v) is 6.69. The maximum absolute atomic E-state index is 12.3. The number of rotatable bonds is 6. The molecule has 0 fully saturated rings. The number of nitrogens with one attached hydrogen (secondary N) is 2. The van der Waals surface area contributed by atoms with Crippen molar-refractivity contribution in [2.24, 2.45) is 0 Å². The van der Waals surface area contributed by atoms with Crippen molar-refractivity contribution in [1.82, 2.24) is 10.9 Å². The van der Waals surface area contributed by atoms with Crippen LogP contribution in [0.4, 0.5) is 0 Å². The average Bonchev–Trinajstić information content (AvgIpc) is 2.76. The molecule has 2 amide bonds. The van der Waals surface area contributed by atoms with Gasteiger partial charge in [0.15, 0.2) is 9.84 Å². The van der Waals surface area contributed by atoms with Crippen LogP contribution in [0.5, 0.6) is 0 Å². The van der Waals surface area contributed by atoms with Gasteiger partial charge in [0.2, 0.25) is 0 Å². The number of carbonyl (C=O) groups excluding carboxylic acids is 2. The molecule has 160 valence electrons. The van der Waals surface area contributed by atoms with E-state index in [1.807, 2.05) is 36.4 Å². The highest BCUT2D eigenvalue weighted by Crippen LogP contribution is 2.24. The van der Waals surface area contributed by atoms with Gasteiger partial charge < -0.3 is 0 Å². The quantitative estimate of drug-likeness (QED) is 0.414. The highest BCUT2D eigenvalue weighted by atomic mass is 35.5. The van der Waals surface area contributed by atoms with Crippen LogP contribution in [-0.4, -0.2) is 26.5 Å². The number of benzene rings is 3. The van der Waals surface area contributed by atoms with Crippen LogP contribution in [0.1, 0.15) is 26.3 Å². The van der Waals surface area contributed by atoms with Gasteiger partial charge in [-0.05, 0) is 60.2 Å². The van der Waals surface area contributed by atoms with Crippen molar-refractivity contribution in [3.8, 4) is 0 Å². The summed E-state index contributed by atoms with van der Waals surface area (Å²) in [5.41, 5.74) is 6.17. The number of hydrazine groups is 1. The molecule has 6 nitrogen and oxygen atoms in total. The van der Waals surface area contributed by atoms with Crippen LogP contribution in [0.25, 0.3) is 0 Å². The predicted octanol–water partition coefficient (Wildman–Crippen LogP) is 4.11. The van der Waals surface area contributed by atoms with E-state index in [-0.39, 0.29) is 10.5 Å². The van der Waals surface area contributed by atoms with Gasteiger partial charge >= 0.3 is 0 Å². The lowest BCUT2D eigenvalue weighted by atomic mass is 10.1. The Bertz CT molecular complexity index is 1190. The molecule has 3 rings (SSSR count). The summed E-state index contributed by atoms with van der Waals surface area (Å²) in [5, 5.41) is 0.690. The number of hydrogen-bond donors (Lipinski definition) is 2. The lowest BCUT2D eigenvalue weighted by molar-refractivity contribution is 0.0846. The molecule has 0 aliphatic rings. The third kappa shape index (κ3) is 6.58. The summed E-state index contributed by atoms with van der Waals surface area (Å²) in [6.07, 6.45) is 1.06. The van der Waals surface area contributed by atoms with Gasteiger partial charge in [-0.1, -0.05) is 29.8 Å². The number of carbonyl (C=O) groups is 2. The molecule has 0 spiro atoms. The summed E-state index contributed by atoms with van der Waals surface area (Å²) in [6.45, 7) is 0. The second kappa shape index (κ2) is 10.00. The van der Waals surface area contributed by atoms with Gasteiger partial charge in [0, 0.05) is 33.1 Å². The van der Waals surface area contributed by atoms with E-state index in [0.29, 0.717) is 10.6 Å². The Hall–Kier alpha value is -2.81. The second-order valence-corrected chi connectivity index (χ2v) is 10.1. The van der Waals surface area contributed by atoms with Crippen LogP contribution in [-0.2, 0) is 15.6 Å². The molecule has 0 unspecified atom stereocenters. The third-order valence-electron chi connectivity index (χ3n) is 4.25. The molecule has 0 aliphatic heterocycles. The normalized spacial score (nSPS) is 11.0. The van der Waals surface area contributed by atoms with Gasteiger partial charge in [-0.25, -0.2) is 8.42 Å². The van der Waals surface area contributed by atoms with E-state index in [1.165, 1.54) is 24.3 Å². The van der Waals surface area contributed by atoms with Crippen LogP contribution in [0, 0.1) is 0 Å². The SMILES string of the molecule is CS(=O)(=O)c1cccc(C(=O)NNC(=O)c2ccc(CSc3ccc(Cl)cc3)cc2)c1.